The van der Waals surface area contributed by atoms with E-state index in [2.05, 4.69) is 0 Å². The molecule has 4 aromatic rings. The number of hydrogen-bond donors (Lipinski definition) is 0. The minimum Gasteiger partial charge on any atom is -0.455 e. The maximum atomic E-state index is 14.0. The zero-order valence-corrected chi connectivity index (χ0v) is 20.6. The number of aryl methyl sites for hydroxylation is 2. The van der Waals surface area contributed by atoms with Gasteiger partial charge in [-0.3, -0.25) is 9.10 Å². The van der Waals surface area contributed by atoms with Gasteiger partial charge in [0.05, 0.1) is 17.5 Å². The van der Waals surface area contributed by atoms with Crippen LogP contribution in [0, 0.1) is 19.7 Å². The van der Waals surface area contributed by atoms with Crippen molar-refractivity contribution in [1.82, 2.24) is 0 Å². The second-order valence-corrected chi connectivity index (χ2v) is 10.5. The number of halogens is 1. The first-order valence-electron chi connectivity index (χ1n) is 10.9. The van der Waals surface area contributed by atoms with Crippen LogP contribution in [0.2, 0.25) is 0 Å². The SMILES string of the molecule is CCC(=O)c1c(-c2ccc(C)cc2)oc2cc(N(C)S(C)(=O)=O)c(-c3ccc(F)c(C)c3)cc12. The topological polar surface area (TPSA) is 67.6 Å². The molecule has 0 saturated heterocycles. The molecule has 0 N–H and O–H groups in total. The molecule has 0 fully saturated rings. The van der Waals surface area contributed by atoms with Gasteiger partial charge in [-0.1, -0.05) is 42.8 Å². The fourth-order valence-electron chi connectivity index (χ4n) is 3.98. The number of nitrogens with zero attached hydrogens (tertiary/aromatic N) is 1. The van der Waals surface area contributed by atoms with Gasteiger partial charge in [0.15, 0.2) is 5.78 Å². The summed E-state index contributed by atoms with van der Waals surface area (Å²) in [4.78, 5) is 13.1. The van der Waals surface area contributed by atoms with Crippen molar-refractivity contribution in [3.05, 3.63) is 77.1 Å². The second kappa shape index (κ2) is 8.72. The molecule has 0 bridgehead atoms. The number of carbonyl (C=O) groups is 1. The normalized spacial score (nSPS) is 11.7. The Bertz CT molecular complexity index is 1520. The summed E-state index contributed by atoms with van der Waals surface area (Å²) >= 11 is 0. The lowest BCUT2D eigenvalue weighted by atomic mass is 9.95. The van der Waals surface area contributed by atoms with E-state index in [4.69, 9.17) is 4.42 Å². The molecule has 0 radical (unpaired) electrons. The fourth-order valence-corrected chi connectivity index (χ4v) is 4.48. The second-order valence-electron chi connectivity index (χ2n) is 8.51. The van der Waals surface area contributed by atoms with Crippen LogP contribution in [0.25, 0.3) is 33.4 Å². The van der Waals surface area contributed by atoms with Gasteiger partial charge in [0.1, 0.15) is 17.2 Å². The smallest absolute Gasteiger partial charge is 0.232 e. The molecule has 34 heavy (non-hydrogen) atoms. The Labute approximate surface area is 198 Å². The highest BCUT2D eigenvalue weighted by atomic mass is 32.2. The zero-order valence-electron chi connectivity index (χ0n) is 19.8. The number of benzene rings is 3. The van der Waals surface area contributed by atoms with E-state index in [1.807, 2.05) is 31.2 Å². The number of ketones is 1. The highest BCUT2D eigenvalue weighted by molar-refractivity contribution is 7.92. The van der Waals surface area contributed by atoms with Crippen LogP contribution >= 0.6 is 0 Å². The van der Waals surface area contributed by atoms with Gasteiger partial charge in [0.25, 0.3) is 0 Å². The Hall–Kier alpha value is -3.45. The van der Waals surface area contributed by atoms with E-state index in [1.165, 1.54) is 13.1 Å². The number of carbonyl (C=O) groups excluding carboxylic acids is 1. The summed E-state index contributed by atoms with van der Waals surface area (Å²) in [6, 6.07) is 15.7. The molecule has 176 valence electrons. The summed E-state index contributed by atoms with van der Waals surface area (Å²) in [5, 5.41) is 0.588. The van der Waals surface area contributed by atoms with Crippen LogP contribution in [0.4, 0.5) is 10.1 Å². The molecule has 0 aliphatic heterocycles. The minimum atomic E-state index is -3.60. The molecular weight excluding hydrogens is 453 g/mol. The Morgan fingerprint density at radius 1 is 1.00 bits per heavy atom. The third kappa shape index (κ3) is 4.23. The predicted molar refractivity (Wildman–Crippen MR) is 134 cm³/mol. The van der Waals surface area contributed by atoms with Crippen molar-refractivity contribution < 1.29 is 22.0 Å². The van der Waals surface area contributed by atoms with Crippen LogP contribution in [0.1, 0.15) is 34.8 Å². The highest BCUT2D eigenvalue weighted by Gasteiger charge is 2.25. The van der Waals surface area contributed by atoms with Crippen molar-refractivity contribution in [3.63, 3.8) is 0 Å². The van der Waals surface area contributed by atoms with Gasteiger partial charge in [-0.15, -0.1) is 0 Å². The minimum absolute atomic E-state index is 0.0835. The molecule has 0 saturated carbocycles. The molecule has 7 heteroatoms. The van der Waals surface area contributed by atoms with E-state index in [0.29, 0.717) is 44.7 Å². The van der Waals surface area contributed by atoms with Crippen molar-refractivity contribution in [1.29, 1.82) is 0 Å². The molecular formula is C27H26FNO4S. The number of anilines is 1. The van der Waals surface area contributed by atoms with Crippen molar-refractivity contribution in [2.24, 2.45) is 0 Å². The lowest BCUT2D eigenvalue weighted by Gasteiger charge is -2.21. The Morgan fingerprint density at radius 2 is 1.65 bits per heavy atom. The van der Waals surface area contributed by atoms with Gasteiger partial charge in [-0.2, -0.15) is 0 Å². The number of furan rings is 1. The van der Waals surface area contributed by atoms with Crippen molar-refractivity contribution in [2.75, 3.05) is 17.6 Å². The van der Waals surface area contributed by atoms with Gasteiger partial charge in [0, 0.05) is 36.0 Å². The molecule has 0 aliphatic carbocycles. The lowest BCUT2D eigenvalue weighted by molar-refractivity contribution is 0.0989. The molecule has 0 spiro atoms. The average Bonchev–Trinajstić information content (AvgIpc) is 3.17. The van der Waals surface area contributed by atoms with Gasteiger partial charge in [-0.25, -0.2) is 12.8 Å². The van der Waals surface area contributed by atoms with Gasteiger partial charge < -0.3 is 4.42 Å². The van der Waals surface area contributed by atoms with E-state index >= 15 is 0 Å². The third-order valence-corrected chi connectivity index (χ3v) is 7.22. The van der Waals surface area contributed by atoms with Crippen LogP contribution in [-0.2, 0) is 10.0 Å². The first kappa shape index (κ1) is 23.7. The number of Topliss-reactive ketones (excluding diaryl/α,β-unsaturated/α-hetero) is 1. The Kier molecular flexibility index (Phi) is 6.08. The largest absolute Gasteiger partial charge is 0.455 e. The molecule has 0 unspecified atom stereocenters. The summed E-state index contributed by atoms with van der Waals surface area (Å²) in [5.41, 5.74) is 4.70. The standard InChI is InChI=1S/C27H26FNO4S/c1-6-24(30)26-21-14-20(19-11-12-22(28)17(3)13-19)23(29(4)34(5,31)32)15-25(21)33-27(26)18-9-7-16(2)8-10-18/h7-15H,6H2,1-5H3. The van der Waals surface area contributed by atoms with Gasteiger partial charge in [0.2, 0.25) is 10.0 Å². The van der Waals surface area contributed by atoms with Crippen LogP contribution in [0.5, 0.6) is 0 Å². The number of fused-ring (bicyclic) bond motifs is 1. The summed E-state index contributed by atoms with van der Waals surface area (Å²) in [7, 11) is -2.15. The molecule has 3 aromatic carbocycles. The molecule has 1 aromatic heterocycles. The summed E-state index contributed by atoms with van der Waals surface area (Å²) in [6.45, 7) is 5.41. The molecule has 0 amide bonds. The molecule has 0 aliphatic rings. The maximum absolute atomic E-state index is 14.0. The van der Waals surface area contributed by atoms with Crippen LogP contribution in [0.3, 0.4) is 0 Å². The average molecular weight is 480 g/mol. The lowest BCUT2D eigenvalue weighted by Crippen LogP contribution is -2.25. The summed E-state index contributed by atoms with van der Waals surface area (Å²) in [5.74, 6) is 0.0108. The van der Waals surface area contributed by atoms with Gasteiger partial charge >= 0.3 is 0 Å². The first-order chi connectivity index (χ1) is 16.0. The van der Waals surface area contributed by atoms with Crippen molar-refractivity contribution >= 4 is 32.5 Å². The van der Waals surface area contributed by atoms with Crippen LogP contribution in [0.15, 0.2) is 59.0 Å². The van der Waals surface area contributed by atoms with Crippen LogP contribution < -0.4 is 4.31 Å². The monoisotopic (exact) mass is 479 g/mol. The van der Waals surface area contributed by atoms with Crippen LogP contribution in [-0.4, -0.2) is 27.5 Å². The zero-order chi connectivity index (χ0) is 24.8. The summed E-state index contributed by atoms with van der Waals surface area (Å²) in [6.07, 6.45) is 1.40. The van der Waals surface area contributed by atoms with E-state index < -0.39 is 10.0 Å². The first-order valence-corrected chi connectivity index (χ1v) is 12.8. The molecule has 4 rings (SSSR count). The highest BCUT2D eigenvalue weighted by Crippen LogP contribution is 2.42. The number of rotatable bonds is 6. The van der Waals surface area contributed by atoms with Crippen molar-refractivity contribution in [3.8, 4) is 22.5 Å². The predicted octanol–water partition coefficient (Wildman–Crippen LogP) is 6.51. The Morgan fingerprint density at radius 3 is 2.24 bits per heavy atom. The Balaban J connectivity index is 2.09. The quantitative estimate of drug-likeness (QED) is 0.296. The van der Waals surface area contributed by atoms with E-state index in [-0.39, 0.29) is 18.0 Å². The van der Waals surface area contributed by atoms with E-state index in [0.717, 1.165) is 21.7 Å². The number of sulfonamides is 1. The third-order valence-electron chi connectivity index (χ3n) is 6.03. The summed E-state index contributed by atoms with van der Waals surface area (Å²) < 4.78 is 46.2. The fraction of sp³-hybridized carbons (Fsp3) is 0.222. The maximum Gasteiger partial charge on any atom is 0.232 e. The van der Waals surface area contributed by atoms with Gasteiger partial charge in [-0.05, 0) is 43.2 Å². The van der Waals surface area contributed by atoms with Crippen molar-refractivity contribution in [2.45, 2.75) is 27.2 Å². The molecule has 1 heterocycles. The van der Waals surface area contributed by atoms with E-state index in [1.54, 1.807) is 38.1 Å². The molecule has 5 nitrogen and oxygen atoms in total. The van der Waals surface area contributed by atoms with E-state index in [9.17, 15) is 17.6 Å². The molecule has 0 atom stereocenters. The number of hydrogen-bond acceptors (Lipinski definition) is 4.